The molecule has 0 aromatic heterocycles. The van der Waals surface area contributed by atoms with Crippen molar-refractivity contribution in [3.8, 4) is 11.5 Å². The zero-order valence-corrected chi connectivity index (χ0v) is 19.4. The van der Waals surface area contributed by atoms with E-state index < -0.39 is 14.9 Å². The van der Waals surface area contributed by atoms with Crippen molar-refractivity contribution < 1.29 is 22.8 Å². The summed E-state index contributed by atoms with van der Waals surface area (Å²) in [4.78, 5) is 12.7. The number of rotatable bonds is 10. The molecule has 0 fully saturated rings. The SMILES string of the molecule is COc1cc2c(cc1OC)CN(CCCCNS(=O)(=O)c1cc([N+](=O)[O-])ccc1C)CC2. The molecule has 0 spiro atoms. The summed E-state index contributed by atoms with van der Waals surface area (Å²) in [5.41, 5.74) is 2.72. The number of non-ortho nitro benzene ring substituents is 1. The Balaban J connectivity index is 1.50. The van der Waals surface area contributed by atoms with Crippen LogP contribution in [0.4, 0.5) is 5.69 Å². The maximum Gasteiger partial charge on any atom is 0.270 e. The molecule has 1 aliphatic rings. The normalized spacial score (nSPS) is 14.1. The van der Waals surface area contributed by atoms with Gasteiger partial charge in [-0.25, -0.2) is 13.1 Å². The Morgan fingerprint density at radius 3 is 2.44 bits per heavy atom. The first-order valence-electron chi connectivity index (χ1n) is 10.5. The molecule has 2 aromatic carbocycles. The van der Waals surface area contributed by atoms with Gasteiger partial charge in [-0.15, -0.1) is 0 Å². The topological polar surface area (TPSA) is 111 Å². The van der Waals surface area contributed by atoms with Crippen molar-refractivity contribution in [1.82, 2.24) is 9.62 Å². The van der Waals surface area contributed by atoms with Crippen molar-refractivity contribution in [1.29, 1.82) is 0 Å². The lowest BCUT2D eigenvalue weighted by Gasteiger charge is -2.29. The standard InChI is InChI=1S/C22H29N3O6S/c1-16-6-7-19(25(26)27)14-22(16)32(28,29)23-9-4-5-10-24-11-8-17-12-20(30-2)21(31-3)13-18(17)15-24/h6-7,12-14,23H,4-5,8-11,15H2,1-3H3. The van der Waals surface area contributed by atoms with Crippen LogP contribution in [-0.2, 0) is 23.0 Å². The third kappa shape index (κ3) is 5.56. The van der Waals surface area contributed by atoms with Gasteiger partial charge in [-0.3, -0.25) is 15.0 Å². The average Bonchev–Trinajstić information content (AvgIpc) is 2.77. The molecule has 3 rings (SSSR count). The fraction of sp³-hybridized carbons (Fsp3) is 0.455. The van der Waals surface area contributed by atoms with Gasteiger partial charge in [-0.1, -0.05) is 6.07 Å². The number of nitro benzene ring substituents is 1. The summed E-state index contributed by atoms with van der Waals surface area (Å²) in [6, 6.07) is 7.92. The van der Waals surface area contributed by atoms with E-state index in [9.17, 15) is 18.5 Å². The van der Waals surface area contributed by atoms with Crippen LogP contribution in [0.25, 0.3) is 0 Å². The number of sulfonamides is 1. The van der Waals surface area contributed by atoms with Gasteiger partial charge in [0.25, 0.3) is 5.69 Å². The molecular weight excluding hydrogens is 434 g/mol. The quantitative estimate of drug-likeness (QED) is 0.327. The summed E-state index contributed by atoms with van der Waals surface area (Å²) in [6.45, 7) is 4.50. The van der Waals surface area contributed by atoms with Crippen LogP contribution in [0.3, 0.4) is 0 Å². The van der Waals surface area contributed by atoms with Gasteiger partial charge in [0.15, 0.2) is 11.5 Å². The van der Waals surface area contributed by atoms with Gasteiger partial charge in [-0.2, -0.15) is 0 Å². The number of aryl methyl sites for hydroxylation is 1. The summed E-state index contributed by atoms with van der Waals surface area (Å²) >= 11 is 0. The molecule has 0 aliphatic carbocycles. The molecule has 1 heterocycles. The molecule has 10 heteroatoms. The highest BCUT2D eigenvalue weighted by molar-refractivity contribution is 7.89. The Labute approximate surface area is 188 Å². The van der Waals surface area contributed by atoms with Crippen molar-refractivity contribution in [2.45, 2.75) is 37.6 Å². The number of nitrogens with one attached hydrogen (secondary N) is 1. The highest BCUT2D eigenvalue weighted by atomic mass is 32.2. The molecular formula is C22H29N3O6S. The van der Waals surface area contributed by atoms with Crippen LogP contribution in [-0.4, -0.2) is 52.1 Å². The minimum Gasteiger partial charge on any atom is -0.493 e. The second-order valence-corrected chi connectivity index (χ2v) is 9.55. The smallest absolute Gasteiger partial charge is 0.270 e. The van der Waals surface area contributed by atoms with Crippen LogP contribution in [0, 0.1) is 17.0 Å². The Morgan fingerprint density at radius 1 is 1.09 bits per heavy atom. The lowest BCUT2D eigenvalue weighted by atomic mass is 9.98. The summed E-state index contributed by atoms with van der Waals surface area (Å²) in [6.07, 6.45) is 2.43. The third-order valence-corrected chi connectivity index (χ3v) is 7.27. The number of nitro groups is 1. The molecule has 1 N–H and O–H groups in total. The van der Waals surface area contributed by atoms with E-state index in [1.54, 1.807) is 21.1 Å². The van der Waals surface area contributed by atoms with Gasteiger partial charge < -0.3 is 9.47 Å². The zero-order valence-electron chi connectivity index (χ0n) is 18.6. The van der Waals surface area contributed by atoms with Crippen LogP contribution in [0.5, 0.6) is 11.5 Å². The van der Waals surface area contributed by atoms with Crippen LogP contribution in [0.2, 0.25) is 0 Å². The highest BCUT2D eigenvalue weighted by Gasteiger charge is 2.21. The Morgan fingerprint density at radius 2 is 1.78 bits per heavy atom. The maximum atomic E-state index is 12.6. The first kappa shape index (κ1) is 24.0. The predicted molar refractivity (Wildman–Crippen MR) is 121 cm³/mol. The Bertz CT molecular complexity index is 1090. The van der Waals surface area contributed by atoms with Crippen molar-refractivity contribution in [3.05, 3.63) is 57.1 Å². The fourth-order valence-corrected chi connectivity index (χ4v) is 5.21. The minimum atomic E-state index is -3.80. The van der Waals surface area contributed by atoms with E-state index in [0.717, 1.165) is 50.0 Å². The van der Waals surface area contributed by atoms with E-state index in [0.29, 0.717) is 12.0 Å². The first-order chi connectivity index (χ1) is 15.2. The summed E-state index contributed by atoms with van der Waals surface area (Å²) in [7, 11) is -0.542. The second-order valence-electron chi connectivity index (χ2n) is 7.81. The molecule has 0 saturated heterocycles. The lowest BCUT2D eigenvalue weighted by Crippen LogP contribution is -2.32. The Hall–Kier alpha value is -2.69. The van der Waals surface area contributed by atoms with Gasteiger partial charge in [0, 0.05) is 31.8 Å². The number of hydrogen-bond acceptors (Lipinski definition) is 7. The van der Waals surface area contributed by atoms with Crippen molar-refractivity contribution in [3.63, 3.8) is 0 Å². The number of nitrogens with zero attached hydrogens (tertiary/aromatic N) is 2. The molecule has 0 atom stereocenters. The summed E-state index contributed by atoms with van der Waals surface area (Å²) in [5.74, 6) is 1.46. The maximum absolute atomic E-state index is 12.6. The second kappa shape index (κ2) is 10.3. The molecule has 0 radical (unpaired) electrons. The molecule has 0 bridgehead atoms. The van der Waals surface area contributed by atoms with Gasteiger partial charge in [0.2, 0.25) is 10.0 Å². The van der Waals surface area contributed by atoms with E-state index in [-0.39, 0.29) is 17.1 Å². The molecule has 0 unspecified atom stereocenters. The fourth-order valence-electron chi connectivity index (χ4n) is 3.87. The number of methoxy groups -OCH3 is 2. The van der Waals surface area contributed by atoms with E-state index in [2.05, 4.69) is 9.62 Å². The van der Waals surface area contributed by atoms with Gasteiger partial charge in [0.1, 0.15) is 0 Å². The Kier molecular flexibility index (Phi) is 7.70. The van der Waals surface area contributed by atoms with Crippen LogP contribution in [0.15, 0.2) is 35.2 Å². The van der Waals surface area contributed by atoms with E-state index in [4.69, 9.17) is 9.47 Å². The van der Waals surface area contributed by atoms with Crippen molar-refractivity contribution in [2.24, 2.45) is 0 Å². The predicted octanol–water partition coefficient (Wildman–Crippen LogP) is 3.04. The number of hydrogen-bond donors (Lipinski definition) is 1. The molecule has 1 aliphatic heterocycles. The summed E-state index contributed by atoms with van der Waals surface area (Å²) < 4.78 is 38.5. The number of benzene rings is 2. The molecule has 0 amide bonds. The van der Waals surface area contributed by atoms with Gasteiger partial charge in [-0.05, 0) is 61.6 Å². The number of fused-ring (bicyclic) bond motifs is 1. The number of ether oxygens (including phenoxy) is 2. The zero-order chi connectivity index (χ0) is 23.3. The molecule has 9 nitrogen and oxygen atoms in total. The van der Waals surface area contributed by atoms with E-state index >= 15 is 0 Å². The van der Waals surface area contributed by atoms with Crippen LogP contribution >= 0.6 is 0 Å². The highest BCUT2D eigenvalue weighted by Crippen LogP contribution is 2.33. The summed E-state index contributed by atoms with van der Waals surface area (Å²) in [5, 5.41) is 11.0. The van der Waals surface area contributed by atoms with Gasteiger partial charge in [0.05, 0.1) is 24.0 Å². The minimum absolute atomic E-state index is 0.0521. The molecule has 32 heavy (non-hydrogen) atoms. The van der Waals surface area contributed by atoms with Crippen LogP contribution in [0.1, 0.15) is 29.5 Å². The molecule has 0 saturated carbocycles. The van der Waals surface area contributed by atoms with Crippen molar-refractivity contribution >= 4 is 15.7 Å². The van der Waals surface area contributed by atoms with Gasteiger partial charge >= 0.3 is 0 Å². The lowest BCUT2D eigenvalue weighted by molar-refractivity contribution is -0.385. The third-order valence-electron chi connectivity index (χ3n) is 5.66. The largest absolute Gasteiger partial charge is 0.493 e. The monoisotopic (exact) mass is 463 g/mol. The average molecular weight is 464 g/mol. The molecule has 2 aromatic rings. The molecule has 174 valence electrons. The van der Waals surface area contributed by atoms with E-state index in [1.165, 1.54) is 23.3 Å². The first-order valence-corrected chi connectivity index (χ1v) is 11.9. The van der Waals surface area contributed by atoms with E-state index in [1.807, 2.05) is 12.1 Å². The number of unbranched alkanes of at least 4 members (excludes halogenated alkanes) is 1. The van der Waals surface area contributed by atoms with Crippen molar-refractivity contribution in [2.75, 3.05) is 33.9 Å². The van der Waals surface area contributed by atoms with Crippen LogP contribution < -0.4 is 14.2 Å².